The van der Waals surface area contributed by atoms with Crippen LogP contribution in [-0.2, 0) is 0 Å². The Balaban J connectivity index is 2.10. The maximum atomic E-state index is 4.68. The van der Waals surface area contributed by atoms with Crippen LogP contribution >= 0.6 is 0 Å². The molecule has 1 heteroatoms. The first-order valence-electron chi connectivity index (χ1n) is 7.81. The minimum atomic E-state index is 0.460. The standard InChI is InChI=1S/C19H25N/c1-16(2)18(14-13-17-9-5-3-6-10-17)15-20-19-11-7-4-8-12-19/h3,5-6,9-10,13-14,16,19H,4,7-8,11-12H2,1-2H3/b14-13+. The smallest absolute Gasteiger partial charge is 0.0594 e. The lowest BCUT2D eigenvalue weighted by Gasteiger charge is -2.16. The molecule has 1 aliphatic carbocycles. The predicted molar refractivity (Wildman–Crippen MR) is 88.1 cm³/mol. The molecule has 0 atom stereocenters. The van der Waals surface area contributed by atoms with Crippen molar-refractivity contribution < 1.29 is 0 Å². The zero-order chi connectivity index (χ0) is 14.2. The molecule has 1 fully saturated rings. The highest BCUT2D eigenvalue weighted by Gasteiger charge is 2.10. The summed E-state index contributed by atoms with van der Waals surface area (Å²) >= 11 is 0. The van der Waals surface area contributed by atoms with Crippen LogP contribution in [0.1, 0.15) is 51.5 Å². The number of rotatable bonds is 4. The maximum absolute atomic E-state index is 4.68. The number of aliphatic imine (C=N–C) groups is 1. The molecule has 0 spiro atoms. The average Bonchev–Trinajstić information content (AvgIpc) is 2.49. The third-order valence-corrected chi connectivity index (χ3v) is 3.83. The Morgan fingerprint density at radius 3 is 2.50 bits per heavy atom. The van der Waals surface area contributed by atoms with Crippen molar-refractivity contribution in [3.8, 4) is 0 Å². The number of benzene rings is 1. The topological polar surface area (TPSA) is 12.4 Å². The molecular formula is C19H25N. The summed E-state index contributed by atoms with van der Waals surface area (Å²) in [5.41, 5.74) is 2.42. The second kappa shape index (κ2) is 7.87. The highest BCUT2D eigenvalue weighted by molar-refractivity contribution is 5.67. The van der Waals surface area contributed by atoms with Gasteiger partial charge in [0.1, 0.15) is 0 Å². The van der Waals surface area contributed by atoms with E-state index in [1.807, 2.05) is 6.07 Å². The largest absolute Gasteiger partial charge is 0.239 e. The fraction of sp³-hybridized carbons (Fsp3) is 0.474. The first-order chi connectivity index (χ1) is 9.75. The second-order valence-electron chi connectivity index (χ2n) is 5.89. The third kappa shape index (κ3) is 4.83. The van der Waals surface area contributed by atoms with Crippen LogP contribution in [0.4, 0.5) is 0 Å². The Morgan fingerprint density at radius 2 is 1.85 bits per heavy atom. The van der Waals surface area contributed by atoms with E-state index in [9.17, 15) is 0 Å². The van der Waals surface area contributed by atoms with E-state index in [0.29, 0.717) is 12.0 Å². The van der Waals surface area contributed by atoms with E-state index in [2.05, 4.69) is 61.1 Å². The quantitative estimate of drug-likeness (QED) is 0.519. The molecule has 0 aliphatic heterocycles. The van der Waals surface area contributed by atoms with Crippen molar-refractivity contribution in [3.05, 3.63) is 47.5 Å². The van der Waals surface area contributed by atoms with E-state index in [1.165, 1.54) is 43.2 Å². The normalized spacial score (nSPS) is 16.4. The summed E-state index contributed by atoms with van der Waals surface area (Å²) in [6, 6.07) is 10.9. The van der Waals surface area contributed by atoms with Gasteiger partial charge in [-0.3, -0.25) is 0 Å². The van der Waals surface area contributed by atoms with Crippen molar-refractivity contribution in [2.24, 2.45) is 10.9 Å². The van der Waals surface area contributed by atoms with Crippen LogP contribution < -0.4 is 0 Å². The Bertz CT molecular complexity index is 484. The van der Waals surface area contributed by atoms with Gasteiger partial charge >= 0.3 is 0 Å². The van der Waals surface area contributed by atoms with Gasteiger partial charge in [-0.25, -0.2) is 4.99 Å². The van der Waals surface area contributed by atoms with Crippen LogP contribution in [0, 0.1) is 5.92 Å². The molecule has 0 saturated heterocycles. The molecule has 0 radical (unpaired) electrons. The molecule has 0 amide bonds. The molecule has 106 valence electrons. The summed E-state index contributed by atoms with van der Waals surface area (Å²) < 4.78 is 0. The molecule has 0 heterocycles. The lowest BCUT2D eigenvalue weighted by Crippen LogP contribution is -2.09. The van der Waals surface area contributed by atoms with Gasteiger partial charge in [0.25, 0.3) is 0 Å². The number of hydrogen-bond donors (Lipinski definition) is 0. The first kappa shape index (κ1) is 14.8. The minimum Gasteiger partial charge on any atom is -0.239 e. The van der Waals surface area contributed by atoms with Gasteiger partial charge in [0.05, 0.1) is 6.04 Å². The molecule has 0 unspecified atom stereocenters. The van der Waals surface area contributed by atoms with Crippen LogP contribution in [0.15, 0.2) is 47.0 Å². The Morgan fingerprint density at radius 1 is 1.15 bits per heavy atom. The van der Waals surface area contributed by atoms with Gasteiger partial charge in [-0.1, -0.05) is 69.5 Å². The average molecular weight is 267 g/mol. The molecule has 1 nitrogen and oxygen atoms in total. The molecule has 1 saturated carbocycles. The lowest BCUT2D eigenvalue weighted by molar-refractivity contribution is 0.444. The van der Waals surface area contributed by atoms with Crippen LogP contribution in [0.25, 0.3) is 6.08 Å². The SMILES string of the molecule is CC(C)C(=C=NC1CCCCC1)/C=C/c1ccccc1. The van der Waals surface area contributed by atoms with E-state index < -0.39 is 0 Å². The Kier molecular flexibility index (Phi) is 5.83. The molecule has 0 N–H and O–H groups in total. The third-order valence-electron chi connectivity index (χ3n) is 3.83. The van der Waals surface area contributed by atoms with Crippen LogP contribution in [0.3, 0.4) is 0 Å². The Hall–Kier alpha value is -1.59. The molecule has 2 rings (SSSR count). The fourth-order valence-electron chi connectivity index (χ4n) is 2.48. The van der Waals surface area contributed by atoms with Gasteiger partial charge in [-0.2, -0.15) is 0 Å². The maximum Gasteiger partial charge on any atom is 0.0594 e. The molecule has 1 aliphatic rings. The van der Waals surface area contributed by atoms with Crippen LogP contribution in [0.5, 0.6) is 0 Å². The van der Waals surface area contributed by atoms with E-state index in [4.69, 9.17) is 0 Å². The number of allylic oxidation sites excluding steroid dienone is 2. The minimum absolute atomic E-state index is 0.460. The summed E-state index contributed by atoms with van der Waals surface area (Å²) in [4.78, 5) is 4.68. The summed E-state index contributed by atoms with van der Waals surface area (Å²) in [6.45, 7) is 4.40. The zero-order valence-electron chi connectivity index (χ0n) is 12.7. The van der Waals surface area contributed by atoms with Crippen molar-refractivity contribution in [1.82, 2.24) is 0 Å². The number of nitrogens with zero attached hydrogens (tertiary/aromatic N) is 1. The molecule has 0 bridgehead atoms. The first-order valence-corrected chi connectivity index (χ1v) is 7.81. The van der Waals surface area contributed by atoms with Crippen molar-refractivity contribution in [2.75, 3.05) is 0 Å². The summed E-state index contributed by atoms with van der Waals surface area (Å²) in [6.07, 6.45) is 10.8. The van der Waals surface area contributed by atoms with Gasteiger partial charge < -0.3 is 0 Å². The highest BCUT2D eigenvalue weighted by Crippen LogP contribution is 2.20. The summed E-state index contributed by atoms with van der Waals surface area (Å²) in [5.74, 6) is 3.77. The van der Waals surface area contributed by atoms with Gasteiger partial charge in [-0.05, 0) is 36.3 Å². The van der Waals surface area contributed by atoms with Crippen molar-refractivity contribution in [3.63, 3.8) is 0 Å². The van der Waals surface area contributed by atoms with Crippen LogP contribution in [0.2, 0.25) is 0 Å². The van der Waals surface area contributed by atoms with E-state index in [0.717, 1.165) is 0 Å². The molecule has 0 aromatic heterocycles. The van der Waals surface area contributed by atoms with Gasteiger partial charge in [-0.15, -0.1) is 0 Å². The van der Waals surface area contributed by atoms with Gasteiger partial charge in [0.15, 0.2) is 0 Å². The highest BCUT2D eigenvalue weighted by atomic mass is 14.8. The fourth-order valence-corrected chi connectivity index (χ4v) is 2.48. The van der Waals surface area contributed by atoms with Gasteiger partial charge in [0, 0.05) is 5.57 Å². The molecule has 1 aromatic rings. The van der Waals surface area contributed by atoms with Crippen molar-refractivity contribution in [1.29, 1.82) is 0 Å². The summed E-state index contributed by atoms with van der Waals surface area (Å²) in [5, 5.41) is 0. The van der Waals surface area contributed by atoms with Crippen LogP contribution in [-0.4, -0.2) is 11.9 Å². The molecule has 1 aromatic carbocycles. The Labute approximate surface area is 123 Å². The van der Waals surface area contributed by atoms with E-state index in [1.54, 1.807) is 0 Å². The van der Waals surface area contributed by atoms with Crippen molar-refractivity contribution in [2.45, 2.75) is 52.0 Å². The van der Waals surface area contributed by atoms with E-state index in [-0.39, 0.29) is 0 Å². The number of hydrogen-bond acceptors (Lipinski definition) is 1. The van der Waals surface area contributed by atoms with Crippen molar-refractivity contribution >= 4 is 11.9 Å². The molecular weight excluding hydrogens is 242 g/mol. The zero-order valence-corrected chi connectivity index (χ0v) is 12.7. The second-order valence-corrected chi connectivity index (χ2v) is 5.89. The monoisotopic (exact) mass is 267 g/mol. The van der Waals surface area contributed by atoms with E-state index >= 15 is 0 Å². The van der Waals surface area contributed by atoms with Gasteiger partial charge in [0.2, 0.25) is 0 Å². The lowest BCUT2D eigenvalue weighted by atomic mass is 9.96. The molecule has 20 heavy (non-hydrogen) atoms. The summed E-state index contributed by atoms with van der Waals surface area (Å²) in [7, 11) is 0. The predicted octanol–water partition coefficient (Wildman–Crippen LogP) is 5.28.